The number of rotatable bonds is 5. The number of esters is 1. The molecule has 0 saturated carbocycles. The van der Waals surface area contributed by atoms with Gasteiger partial charge in [0, 0.05) is 17.3 Å². The van der Waals surface area contributed by atoms with Gasteiger partial charge >= 0.3 is 5.97 Å². The minimum atomic E-state index is -0.760. The molecule has 0 amide bonds. The van der Waals surface area contributed by atoms with Crippen LogP contribution in [0.25, 0.3) is 17.3 Å². The molecule has 1 aromatic heterocycles. The summed E-state index contributed by atoms with van der Waals surface area (Å²) in [6.45, 7) is 1.77. The lowest BCUT2D eigenvalue weighted by atomic mass is 10.1. The number of hydrogen-bond acceptors (Lipinski definition) is 4. The van der Waals surface area contributed by atoms with E-state index in [4.69, 9.17) is 4.74 Å². The minimum Gasteiger partial charge on any atom is -0.462 e. The summed E-state index contributed by atoms with van der Waals surface area (Å²) in [5, 5.41) is 9.26. The fourth-order valence-corrected chi connectivity index (χ4v) is 2.84. The van der Waals surface area contributed by atoms with Crippen molar-refractivity contribution in [2.24, 2.45) is 0 Å². The van der Waals surface area contributed by atoms with Gasteiger partial charge in [-0.2, -0.15) is 5.26 Å². The highest BCUT2D eigenvalue weighted by Crippen LogP contribution is 2.27. The van der Waals surface area contributed by atoms with Crippen LogP contribution < -0.4 is 0 Å². The number of nitriles is 1. The molecule has 0 atom stereocenters. The van der Waals surface area contributed by atoms with E-state index in [9.17, 15) is 19.2 Å². The smallest absolute Gasteiger partial charge is 0.348 e. The molecule has 1 heterocycles. The Hall–Kier alpha value is -3.98. The molecule has 0 aliphatic carbocycles. The lowest BCUT2D eigenvalue weighted by molar-refractivity contribution is -0.137. The van der Waals surface area contributed by atoms with Gasteiger partial charge in [0.25, 0.3) is 5.91 Å². The van der Waals surface area contributed by atoms with E-state index in [2.05, 4.69) is 0 Å². The van der Waals surface area contributed by atoms with Crippen LogP contribution in [0.15, 0.2) is 72.4 Å². The zero-order chi connectivity index (χ0) is 20.8. The molecule has 29 heavy (non-hydrogen) atoms. The molecule has 0 fully saturated rings. The molecule has 0 radical (unpaired) electrons. The summed E-state index contributed by atoms with van der Waals surface area (Å²) in [7, 11) is 0. The highest BCUT2D eigenvalue weighted by molar-refractivity contribution is 6.00. The Labute approximate surface area is 167 Å². The molecule has 5 nitrogen and oxygen atoms in total. The average Bonchev–Trinajstić information content (AvgIpc) is 3.16. The summed E-state index contributed by atoms with van der Waals surface area (Å²) in [6, 6.07) is 18.0. The van der Waals surface area contributed by atoms with Crippen LogP contribution >= 0.6 is 0 Å². The molecule has 2 aromatic carbocycles. The normalized spacial score (nSPS) is 11.0. The number of nitrogens with zero attached hydrogens (tertiary/aromatic N) is 2. The van der Waals surface area contributed by atoms with Crippen LogP contribution in [0.5, 0.6) is 0 Å². The highest BCUT2D eigenvalue weighted by atomic mass is 19.1. The van der Waals surface area contributed by atoms with E-state index in [0.717, 1.165) is 0 Å². The Bertz CT molecular complexity index is 1120. The predicted octanol–water partition coefficient (Wildman–Crippen LogP) is 4.45. The lowest BCUT2D eigenvalue weighted by Crippen LogP contribution is -2.12. The molecular formula is C23H17FN2O3. The molecule has 0 aliphatic rings. The summed E-state index contributed by atoms with van der Waals surface area (Å²) in [6.07, 6.45) is 2.78. The van der Waals surface area contributed by atoms with Gasteiger partial charge in [0.05, 0.1) is 12.3 Å². The molecule has 0 N–H and O–H groups in total. The minimum absolute atomic E-state index is 0.131. The third kappa shape index (κ3) is 4.30. The molecule has 0 bridgehead atoms. The highest BCUT2D eigenvalue weighted by Gasteiger charge is 2.18. The largest absolute Gasteiger partial charge is 0.462 e. The summed E-state index contributed by atoms with van der Waals surface area (Å²) < 4.78 is 20.6. The Morgan fingerprint density at radius 1 is 1.14 bits per heavy atom. The Morgan fingerprint density at radius 2 is 1.83 bits per heavy atom. The van der Waals surface area contributed by atoms with Crippen LogP contribution in [0.1, 0.15) is 22.8 Å². The average molecular weight is 388 g/mol. The second kappa shape index (κ2) is 8.81. The number of halogens is 1. The van der Waals surface area contributed by atoms with Gasteiger partial charge in [0.15, 0.2) is 0 Å². The molecule has 0 saturated heterocycles. The number of carbonyl (C=O) groups is 2. The van der Waals surface area contributed by atoms with E-state index in [-0.39, 0.29) is 23.7 Å². The summed E-state index contributed by atoms with van der Waals surface area (Å²) in [5.74, 6) is -1.61. The molecule has 144 valence electrons. The Morgan fingerprint density at radius 3 is 2.48 bits per heavy atom. The van der Waals surface area contributed by atoms with Gasteiger partial charge in [-0.15, -0.1) is 0 Å². The van der Waals surface area contributed by atoms with Crippen LogP contribution in [-0.4, -0.2) is 23.1 Å². The Balaban J connectivity index is 2.14. The van der Waals surface area contributed by atoms with Crippen molar-refractivity contribution in [3.05, 3.63) is 89.4 Å². The number of carbonyl (C=O) groups excluding carboxylic acids is 2. The van der Waals surface area contributed by atoms with Crippen molar-refractivity contribution in [2.45, 2.75) is 6.92 Å². The van der Waals surface area contributed by atoms with E-state index in [1.54, 1.807) is 67.6 Å². The number of aromatic nitrogens is 1. The molecule has 0 unspecified atom stereocenters. The molecule has 0 aliphatic heterocycles. The lowest BCUT2D eigenvalue weighted by Gasteiger charge is -2.08. The zero-order valence-corrected chi connectivity index (χ0v) is 15.6. The van der Waals surface area contributed by atoms with Gasteiger partial charge in [-0.1, -0.05) is 30.3 Å². The fourth-order valence-electron chi connectivity index (χ4n) is 2.84. The second-order valence-electron chi connectivity index (χ2n) is 6.07. The first-order valence-electron chi connectivity index (χ1n) is 8.91. The molecule has 3 rings (SSSR count). The first kappa shape index (κ1) is 19.8. The summed E-state index contributed by atoms with van der Waals surface area (Å²) >= 11 is 0. The zero-order valence-electron chi connectivity index (χ0n) is 15.6. The third-order valence-electron chi connectivity index (χ3n) is 4.16. The van der Waals surface area contributed by atoms with Crippen LogP contribution in [0, 0.1) is 17.1 Å². The summed E-state index contributed by atoms with van der Waals surface area (Å²) in [5.41, 5.74) is 1.14. The molecule has 0 spiro atoms. The standard InChI is InChI=1S/C23H17FN2O3/c1-2-29-23(28)18(14-25)12-16-13-21(19-10-6-7-11-20(19)24)26(15-16)22(27)17-8-4-3-5-9-17/h3-13,15H,2H2,1H3/b18-12+. The van der Waals surface area contributed by atoms with Gasteiger partial charge in [-0.3, -0.25) is 9.36 Å². The van der Waals surface area contributed by atoms with Gasteiger partial charge in [0.1, 0.15) is 17.5 Å². The molecule has 6 heteroatoms. The Kier molecular flexibility index (Phi) is 6.00. The van der Waals surface area contributed by atoms with Crippen molar-refractivity contribution in [3.63, 3.8) is 0 Å². The topological polar surface area (TPSA) is 72.1 Å². The predicted molar refractivity (Wildman–Crippen MR) is 106 cm³/mol. The maximum absolute atomic E-state index is 14.4. The van der Waals surface area contributed by atoms with Crippen molar-refractivity contribution in [3.8, 4) is 17.3 Å². The third-order valence-corrected chi connectivity index (χ3v) is 4.16. The van der Waals surface area contributed by atoms with Crippen molar-refractivity contribution in [1.82, 2.24) is 4.57 Å². The fraction of sp³-hybridized carbons (Fsp3) is 0.0870. The number of ether oxygens (including phenoxy) is 1. The van der Waals surface area contributed by atoms with Crippen molar-refractivity contribution in [1.29, 1.82) is 5.26 Å². The van der Waals surface area contributed by atoms with Gasteiger partial charge in [-0.05, 0) is 48.9 Å². The van der Waals surface area contributed by atoms with Crippen LogP contribution in [-0.2, 0) is 9.53 Å². The van der Waals surface area contributed by atoms with Crippen molar-refractivity contribution < 1.29 is 18.7 Å². The van der Waals surface area contributed by atoms with E-state index in [1.165, 1.54) is 22.9 Å². The van der Waals surface area contributed by atoms with Gasteiger partial charge in [-0.25, -0.2) is 9.18 Å². The monoisotopic (exact) mass is 388 g/mol. The quantitative estimate of drug-likeness (QED) is 0.368. The van der Waals surface area contributed by atoms with E-state index < -0.39 is 11.8 Å². The maximum atomic E-state index is 14.4. The maximum Gasteiger partial charge on any atom is 0.348 e. The second-order valence-corrected chi connectivity index (χ2v) is 6.07. The SMILES string of the molecule is CCOC(=O)/C(C#N)=C/c1cc(-c2ccccc2F)n(C(=O)c2ccccc2)c1. The van der Waals surface area contributed by atoms with Crippen LogP contribution in [0.3, 0.4) is 0 Å². The van der Waals surface area contributed by atoms with Crippen molar-refractivity contribution in [2.75, 3.05) is 6.61 Å². The summed E-state index contributed by atoms with van der Waals surface area (Å²) in [4.78, 5) is 24.9. The first-order chi connectivity index (χ1) is 14.0. The van der Waals surface area contributed by atoms with E-state index in [1.807, 2.05) is 0 Å². The van der Waals surface area contributed by atoms with Gasteiger partial charge in [0.2, 0.25) is 0 Å². The number of benzene rings is 2. The van der Waals surface area contributed by atoms with Crippen LogP contribution in [0.2, 0.25) is 0 Å². The van der Waals surface area contributed by atoms with Crippen molar-refractivity contribution >= 4 is 18.0 Å². The number of hydrogen-bond donors (Lipinski definition) is 0. The van der Waals surface area contributed by atoms with E-state index in [0.29, 0.717) is 16.8 Å². The van der Waals surface area contributed by atoms with E-state index >= 15 is 0 Å². The van der Waals surface area contributed by atoms with Gasteiger partial charge < -0.3 is 4.74 Å². The van der Waals surface area contributed by atoms with Crippen LogP contribution in [0.4, 0.5) is 4.39 Å². The molecule has 3 aromatic rings. The molecular weight excluding hydrogens is 371 g/mol. The first-order valence-corrected chi connectivity index (χ1v) is 8.91.